The van der Waals surface area contributed by atoms with Gasteiger partial charge in [-0.2, -0.15) is 0 Å². The van der Waals surface area contributed by atoms with Gasteiger partial charge in [0.1, 0.15) is 0 Å². The highest BCUT2D eigenvalue weighted by Crippen LogP contribution is 2.43. The van der Waals surface area contributed by atoms with Crippen LogP contribution in [-0.4, -0.2) is 37.5 Å². The number of nitrogens with one attached hydrogen (secondary N) is 1. The second-order valence-electron chi connectivity index (χ2n) is 5.96. The van der Waals surface area contributed by atoms with Gasteiger partial charge in [0.05, 0.1) is 11.7 Å². The van der Waals surface area contributed by atoms with Crippen LogP contribution >= 0.6 is 0 Å². The summed E-state index contributed by atoms with van der Waals surface area (Å²) in [6.07, 6.45) is 10.7. The number of rotatable bonds is 3. The molecule has 1 atom stereocenters. The molecule has 2 aliphatic heterocycles. The van der Waals surface area contributed by atoms with Gasteiger partial charge < -0.3 is 14.8 Å². The van der Waals surface area contributed by atoms with Gasteiger partial charge in [0.15, 0.2) is 0 Å². The maximum atomic E-state index is 6.31. The maximum Gasteiger partial charge on any atom is 0.0708 e. The molecule has 3 fully saturated rings. The summed E-state index contributed by atoms with van der Waals surface area (Å²) in [6.45, 7) is 2.90. The van der Waals surface area contributed by atoms with Crippen molar-refractivity contribution in [2.75, 3.05) is 19.8 Å². The summed E-state index contributed by atoms with van der Waals surface area (Å²) >= 11 is 0. The van der Waals surface area contributed by atoms with Crippen LogP contribution in [0.2, 0.25) is 0 Å². The van der Waals surface area contributed by atoms with E-state index in [4.69, 9.17) is 9.47 Å². The van der Waals surface area contributed by atoms with Gasteiger partial charge in [0.25, 0.3) is 0 Å². The van der Waals surface area contributed by atoms with E-state index >= 15 is 0 Å². The van der Waals surface area contributed by atoms with Crippen LogP contribution in [-0.2, 0) is 9.47 Å². The van der Waals surface area contributed by atoms with Crippen LogP contribution in [0.4, 0.5) is 0 Å². The van der Waals surface area contributed by atoms with E-state index in [1.807, 2.05) is 0 Å². The first-order valence-corrected chi connectivity index (χ1v) is 7.35. The van der Waals surface area contributed by atoms with Crippen molar-refractivity contribution in [1.82, 2.24) is 5.32 Å². The van der Waals surface area contributed by atoms with Gasteiger partial charge in [0.2, 0.25) is 0 Å². The molecule has 0 radical (unpaired) electrons. The molecule has 1 spiro atoms. The zero-order chi connectivity index (χ0) is 11.6. The van der Waals surface area contributed by atoms with E-state index in [2.05, 4.69) is 5.32 Å². The van der Waals surface area contributed by atoms with Crippen LogP contribution in [0.1, 0.15) is 51.4 Å². The number of ether oxygens (including phenoxy) is 2. The Morgan fingerprint density at radius 2 is 1.76 bits per heavy atom. The first-order valence-electron chi connectivity index (χ1n) is 7.35. The van der Waals surface area contributed by atoms with Gasteiger partial charge in [-0.1, -0.05) is 12.8 Å². The predicted molar refractivity (Wildman–Crippen MR) is 67.1 cm³/mol. The van der Waals surface area contributed by atoms with Crippen LogP contribution in [0, 0.1) is 0 Å². The van der Waals surface area contributed by atoms with Crippen molar-refractivity contribution >= 4 is 0 Å². The van der Waals surface area contributed by atoms with Gasteiger partial charge >= 0.3 is 0 Å². The summed E-state index contributed by atoms with van der Waals surface area (Å²) in [4.78, 5) is 0. The SMILES string of the molecule is C1CCC2(C1)CCC(CNC1CCOCC1)O2. The van der Waals surface area contributed by atoms with E-state index in [9.17, 15) is 0 Å². The molecule has 98 valence electrons. The first kappa shape index (κ1) is 11.9. The molecule has 3 aliphatic rings. The predicted octanol–water partition coefficient (Wildman–Crippen LogP) is 2.25. The Kier molecular flexibility index (Phi) is 3.69. The highest BCUT2D eigenvalue weighted by Gasteiger charge is 2.41. The summed E-state index contributed by atoms with van der Waals surface area (Å²) in [7, 11) is 0. The second kappa shape index (κ2) is 5.25. The van der Waals surface area contributed by atoms with E-state index in [1.54, 1.807) is 0 Å². The third-order valence-electron chi connectivity index (χ3n) is 4.71. The molecule has 3 rings (SSSR count). The van der Waals surface area contributed by atoms with Gasteiger partial charge in [-0.05, 0) is 38.5 Å². The Morgan fingerprint density at radius 3 is 2.53 bits per heavy atom. The van der Waals surface area contributed by atoms with Gasteiger partial charge in [0, 0.05) is 25.8 Å². The molecule has 1 saturated carbocycles. The largest absolute Gasteiger partial charge is 0.381 e. The molecular weight excluding hydrogens is 214 g/mol. The fraction of sp³-hybridized carbons (Fsp3) is 1.00. The zero-order valence-corrected chi connectivity index (χ0v) is 10.7. The van der Waals surface area contributed by atoms with Gasteiger partial charge in [-0.25, -0.2) is 0 Å². The van der Waals surface area contributed by atoms with Crippen molar-refractivity contribution in [1.29, 1.82) is 0 Å². The third kappa shape index (κ3) is 2.83. The molecule has 2 saturated heterocycles. The van der Waals surface area contributed by atoms with Crippen LogP contribution in [0.5, 0.6) is 0 Å². The Labute approximate surface area is 104 Å². The lowest BCUT2D eigenvalue weighted by Gasteiger charge is -2.27. The van der Waals surface area contributed by atoms with Crippen molar-refractivity contribution in [2.24, 2.45) is 0 Å². The molecule has 3 heteroatoms. The average Bonchev–Trinajstić information content (AvgIpc) is 2.99. The molecule has 1 unspecified atom stereocenters. The quantitative estimate of drug-likeness (QED) is 0.819. The number of hydrogen-bond acceptors (Lipinski definition) is 3. The Hall–Kier alpha value is -0.120. The van der Waals surface area contributed by atoms with Crippen molar-refractivity contribution in [3.05, 3.63) is 0 Å². The van der Waals surface area contributed by atoms with Crippen LogP contribution in [0.3, 0.4) is 0 Å². The van der Waals surface area contributed by atoms with Gasteiger partial charge in [-0.15, -0.1) is 0 Å². The molecule has 0 aromatic heterocycles. The highest BCUT2D eigenvalue weighted by molar-refractivity contribution is 4.93. The standard InChI is InChI=1S/C14H25NO2/c1-2-7-14(6-1)8-3-13(17-14)11-15-12-4-9-16-10-5-12/h12-13,15H,1-11H2. The summed E-state index contributed by atoms with van der Waals surface area (Å²) in [5.41, 5.74) is 0.294. The fourth-order valence-corrected chi connectivity index (χ4v) is 3.63. The summed E-state index contributed by atoms with van der Waals surface area (Å²) in [5, 5.41) is 3.66. The Morgan fingerprint density at radius 1 is 1.00 bits per heavy atom. The molecule has 3 nitrogen and oxygen atoms in total. The monoisotopic (exact) mass is 239 g/mol. The van der Waals surface area contributed by atoms with E-state index < -0.39 is 0 Å². The van der Waals surface area contributed by atoms with Crippen molar-refractivity contribution in [2.45, 2.75) is 69.1 Å². The van der Waals surface area contributed by atoms with E-state index in [-0.39, 0.29) is 0 Å². The minimum atomic E-state index is 0.294. The number of hydrogen-bond donors (Lipinski definition) is 1. The fourth-order valence-electron chi connectivity index (χ4n) is 3.63. The molecule has 17 heavy (non-hydrogen) atoms. The highest BCUT2D eigenvalue weighted by atomic mass is 16.5. The second-order valence-corrected chi connectivity index (χ2v) is 5.96. The lowest BCUT2D eigenvalue weighted by molar-refractivity contribution is -0.0372. The summed E-state index contributed by atoms with van der Waals surface area (Å²) in [5.74, 6) is 0. The molecule has 0 bridgehead atoms. The Balaban J connectivity index is 1.41. The molecule has 1 aliphatic carbocycles. The van der Waals surface area contributed by atoms with E-state index in [1.165, 1.54) is 38.5 Å². The smallest absolute Gasteiger partial charge is 0.0708 e. The lowest BCUT2D eigenvalue weighted by atomic mass is 9.98. The average molecular weight is 239 g/mol. The molecule has 1 N–H and O–H groups in total. The van der Waals surface area contributed by atoms with Crippen LogP contribution < -0.4 is 5.32 Å². The topological polar surface area (TPSA) is 30.5 Å². The minimum Gasteiger partial charge on any atom is -0.381 e. The van der Waals surface area contributed by atoms with E-state index in [0.717, 1.165) is 32.6 Å². The minimum absolute atomic E-state index is 0.294. The maximum absolute atomic E-state index is 6.31. The molecule has 2 heterocycles. The normalized spacial score (nSPS) is 33.5. The first-order chi connectivity index (χ1) is 8.36. The van der Waals surface area contributed by atoms with E-state index in [0.29, 0.717) is 17.7 Å². The lowest BCUT2D eigenvalue weighted by Crippen LogP contribution is -2.40. The van der Waals surface area contributed by atoms with Crippen molar-refractivity contribution in [3.8, 4) is 0 Å². The van der Waals surface area contributed by atoms with Gasteiger partial charge in [-0.3, -0.25) is 0 Å². The third-order valence-corrected chi connectivity index (χ3v) is 4.71. The molecule has 0 aromatic rings. The van der Waals surface area contributed by atoms with Crippen molar-refractivity contribution < 1.29 is 9.47 Å². The molecule has 0 amide bonds. The summed E-state index contributed by atoms with van der Waals surface area (Å²) < 4.78 is 11.7. The zero-order valence-electron chi connectivity index (χ0n) is 10.7. The van der Waals surface area contributed by atoms with Crippen LogP contribution in [0.25, 0.3) is 0 Å². The molecular formula is C14H25NO2. The Bertz CT molecular complexity index is 245. The van der Waals surface area contributed by atoms with Crippen molar-refractivity contribution in [3.63, 3.8) is 0 Å². The summed E-state index contributed by atoms with van der Waals surface area (Å²) in [6, 6.07) is 0.660. The molecule has 0 aromatic carbocycles. The van der Waals surface area contributed by atoms with Crippen LogP contribution in [0.15, 0.2) is 0 Å².